The molecule has 11 heteroatoms. The summed E-state index contributed by atoms with van der Waals surface area (Å²) in [6, 6.07) is 32.0. The Morgan fingerprint density at radius 2 is 1.41 bits per heavy atom. The van der Waals surface area contributed by atoms with Crippen LogP contribution in [0.3, 0.4) is 0 Å². The molecule has 238 valence electrons. The Bertz CT molecular complexity index is 1630. The van der Waals surface area contributed by atoms with E-state index in [1.807, 2.05) is 42.5 Å². The van der Waals surface area contributed by atoms with Crippen molar-refractivity contribution in [3.8, 4) is 11.5 Å². The van der Waals surface area contributed by atoms with Gasteiger partial charge >= 0.3 is 7.60 Å². The minimum Gasteiger partial charge on any atom is -0.416 e. The van der Waals surface area contributed by atoms with Crippen LogP contribution < -0.4 is 25.8 Å². The quantitative estimate of drug-likeness (QED) is 0.0906. The molecule has 4 aromatic rings. The number of nitrogens with one attached hydrogen (secondary N) is 2. The maximum absolute atomic E-state index is 14.9. The Hall–Kier alpha value is -4.92. The first-order valence-electron chi connectivity index (χ1n) is 15.1. The lowest BCUT2D eigenvalue weighted by Gasteiger charge is -2.30. The number of hydrogen-bond donors (Lipinski definition) is 4. The number of amides is 2. The Balaban J connectivity index is 1.40. The van der Waals surface area contributed by atoms with Crippen LogP contribution in [0.25, 0.3) is 0 Å². The molecule has 2 amide bonds. The SMILES string of the molecule is N=C(N)c1ccc(C(CNC(=O)[C@@H]2CCCN2C(=O)[C@H](N)Cc2ccccc2)P(=O)(Oc2ccccc2)Oc2ccccc2)cc1. The molecule has 1 saturated heterocycles. The number of carbonyl (C=O) groups excluding carboxylic acids is 2. The van der Waals surface area contributed by atoms with E-state index in [0.29, 0.717) is 48.4 Å². The van der Waals surface area contributed by atoms with Gasteiger partial charge in [-0.3, -0.25) is 15.0 Å². The molecule has 1 heterocycles. The van der Waals surface area contributed by atoms with Gasteiger partial charge in [-0.05, 0) is 54.7 Å². The third kappa shape index (κ3) is 8.02. The van der Waals surface area contributed by atoms with E-state index in [4.69, 9.17) is 25.9 Å². The number of carbonyl (C=O) groups is 2. The van der Waals surface area contributed by atoms with Crippen molar-refractivity contribution >= 4 is 25.2 Å². The molecule has 0 aliphatic carbocycles. The van der Waals surface area contributed by atoms with Gasteiger partial charge in [0, 0.05) is 18.7 Å². The van der Waals surface area contributed by atoms with Crippen molar-refractivity contribution in [2.45, 2.75) is 37.0 Å². The number of rotatable bonds is 13. The molecule has 1 unspecified atom stereocenters. The van der Waals surface area contributed by atoms with Crippen molar-refractivity contribution < 1.29 is 23.2 Å². The first kappa shape index (κ1) is 32.5. The van der Waals surface area contributed by atoms with Crippen molar-refractivity contribution in [3.63, 3.8) is 0 Å². The molecule has 3 atom stereocenters. The van der Waals surface area contributed by atoms with E-state index in [0.717, 1.165) is 5.56 Å². The number of hydrogen-bond acceptors (Lipinski definition) is 7. The van der Waals surface area contributed by atoms with Crippen molar-refractivity contribution in [2.24, 2.45) is 11.5 Å². The van der Waals surface area contributed by atoms with E-state index in [-0.39, 0.29) is 24.2 Å². The van der Waals surface area contributed by atoms with E-state index >= 15 is 0 Å². The van der Waals surface area contributed by atoms with E-state index in [1.54, 1.807) is 77.7 Å². The zero-order valence-electron chi connectivity index (χ0n) is 25.3. The molecule has 10 nitrogen and oxygen atoms in total. The Morgan fingerprint density at radius 3 is 1.96 bits per heavy atom. The Kier molecular flexibility index (Phi) is 10.5. The highest BCUT2D eigenvalue weighted by Crippen LogP contribution is 2.60. The van der Waals surface area contributed by atoms with Gasteiger partial charge in [-0.25, -0.2) is 4.57 Å². The first-order valence-corrected chi connectivity index (χ1v) is 16.8. The number of likely N-dealkylation sites (tertiary alicyclic amines) is 1. The van der Waals surface area contributed by atoms with Crippen LogP contribution in [-0.4, -0.2) is 47.7 Å². The van der Waals surface area contributed by atoms with Crippen LogP contribution in [0.5, 0.6) is 11.5 Å². The van der Waals surface area contributed by atoms with Gasteiger partial charge in [-0.1, -0.05) is 91.0 Å². The predicted octanol–water partition coefficient (Wildman–Crippen LogP) is 5.04. The van der Waals surface area contributed by atoms with Gasteiger partial charge in [0.05, 0.1) is 6.04 Å². The fraction of sp³-hybridized carbons (Fsp3) is 0.229. The normalized spacial score (nSPS) is 15.8. The zero-order chi connectivity index (χ0) is 32.5. The maximum atomic E-state index is 14.9. The van der Waals surface area contributed by atoms with Gasteiger partial charge in [-0.15, -0.1) is 0 Å². The molecule has 0 saturated carbocycles. The standard InChI is InChI=1S/C35H38N5O5P/c36-30(23-25-11-4-1-5-12-25)35(42)40-22-10-17-31(40)34(41)39-24-32(26-18-20-27(21-19-26)33(37)38)46(43,44-28-13-6-2-7-14-28)45-29-15-8-3-9-16-29/h1-9,11-16,18-21,30-32H,10,17,22-24,36H2,(H3,37,38)(H,39,41)/t30-,31+,32?/m1/s1. The number of nitrogens with zero attached hydrogens (tertiary/aromatic N) is 1. The average Bonchev–Trinajstić information content (AvgIpc) is 3.56. The highest BCUT2D eigenvalue weighted by atomic mass is 31.2. The van der Waals surface area contributed by atoms with Gasteiger partial charge in [0.25, 0.3) is 0 Å². The molecular weight excluding hydrogens is 601 g/mol. The lowest BCUT2D eigenvalue weighted by molar-refractivity contribution is -0.139. The fourth-order valence-electron chi connectivity index (χ4n) is 5.49. The van der Waals surface area contributed by atoms with E-state index in [1.165, 1.54) is 0 Å². The summed E-state index contributed by atoms with van der Waals surface area (Å²) in [5.74, 6) is -0.119. The molecule has 0 bridgehead atoms. The molecule has 0 spiro atoms. The van der Waals surface area contributed by atoms with Crippen LogP contribution in [0.4, 0.5) is 0 Å². The highest BCUT2D eigenvalue weighted by Gasteiger charge is 2.42. The van der Waals surface area contributed by atoms with Crippen LogP contribution in [0, 0.1) is 5.41 Å². The molecule has 46 heavy (non-hydrogen) atoms. The smallest absolute Gasteiger partial charge is 0.416 e. The summed E-state index contributed by atoms with van der Waals surface area (Å²) in [6.07, 6.45) is 1.50. The lowest BCUT2D eigenvalue weighted by Crippen LogP contribution is -2.52. The van der Waals surface area contributed by atoms with E-state index in [2.05, 4.69) is 5.32 Å². The number of amidine groups is 1. The Morgan fingerprint density at radius 1 is 0.870 bits per heavy atom. The highest BCUT2D eigenvalue weighted by molar-refractivity contribution is 7.55. The summed E-state index contributed by atoms with van der Waals surface area (Å²) in [4.78, 5) is 28.6. The monoisotopic (exact) mass is 639 g/mol. The summed E-state index contributed by atoms with van der Waals surface area (Å²) >= 11 is 0. The van der Waals surface area contributed by atoms with Crippen LogP contribution in [0.15, 0.2) is 115 Å². The van der Waals surface area contributed by atoms with Gasteiger partial charge in [-0.2, -0.15) is 0 Å². The van der Waals surface area contributed by atoms with Gasteiger partial charge < -0.3 is 30.7 Å². The third-order valence-electron chi connectivity index (χ3n) is 7.86. The molecule has 1 aliphatic rings. The van der Waals surface area contributed by atoms with Crippen molar-refractivity contribution in [1.82, 2.24) is 10.2 Å². The number of nitrogen functional groups attached to an aromatic ring is 1. The molecular formula is C35H38N5O5P. The van der Waals surface area contributed by atoms with Crippen molar-refractivity contribution in [1.29, 1.82) is 5.41 Å². The summed E-state index contributed by atoms with van der Waals surface area (Å²) < 4.78 is 27.2. The molecule has 0 aromatic heterocycles. The van der Waals surface area contributed by atoms with Gasteiger partial charge in [0.15, 0.2) is 0 Å². The Labute approximate surface area is 268 Å². The first-order chi connectivity index (χ1) is 22.2. The fourth-order valence-corrected chi connectivity index (χ4v) is 7.46. The van der Waals surface area contributed by atoms with Crippen LogP contribution in [0.2, 0.25) is 0 Å². The molecule has 4 aromatic carbocycles. The minimum atomic E-state index is -4.11. The van der Waals surface area contributed by atoms with Gasteiger partial charge in [0.1, 0.15) is 29.0 Å². The second-order valence-electron chi connectivity index (χ2n) is 11.1. The second kappa shape index (κ2) is 14.9. The predicted molar refractivity (Wildman–Crippen MR) is 178 cm³/mol. The molecule has 1 aliphatic heterocycles. The number of benzene rings is 4. The van der Waals surface area contributed by atoms with E-state index in [9.17, 15) is 14.2 Å². The molecule has 0 radical (unpaired) electrons. The van der Waals surface area contributed by atoms with Gasteiger partial charge in [0.2, 0.25) is 11.8 Å². The molecule has 5 rings (SSSR count). The van der Waals surface area contributed by atoms with Crippen LogP contribution >= 0.6 is 7.60 Å². The topological polar surface area (TPSA) is 161 Å². The van der Waals surface area contributed by atoms with Crippen LogP contribution in [0.1, 0.15) is 35.2 Å². The summed E-state index contributed by atoms with van der Waals surface area (Å²) in [7, 11) is -4.11. The molecule has 1 fully saturated rings. The zero-order valence-corrected chi connectivity index (χ0v) is 26.2. The van der Waals surface area contributed by atoms with E-state index < -0.39 is 25.3 Å². The number of nitrogens with two attached hydrogens (primary N) is 2. The molecule has 6 N–H and O–H groups in total. The van der Waals surface area contributed by atoms with Crippen molar-refractivity contribution in [2.75, 3.05) is 13.1 Å². The lowest BCUT2D eigenvalue weighted by atomic mass is 10.0. The van der Waals surface area contributed by atoms with Crippen LogP contribution in [-0.2, 0) is 20.6 Å². The third-order valence-corrected chi connectivity index (χ3v) is 10.0. The largest absolute Gasteiger partial charge is 0.439 e. The second-order valence-corrected chi connectivity index (χ2v) is 13.2. The minimum absolute atomic E-state index is 0.114. The summed E-state index contributed by atoms with van der Waals surface area (Å²) in [5, 5.41) is 10.7. The average molecular weight is 640 g/mol. The maximum Gasteiger partial charge on any atom is 0.439 e. The summed E-state index contributed by atoms with van der Waals surface area (Å²) in [5.41, 5.74) is 13.0. The summed E-state index contributed by atoms with van der Waals surface area (Å²) in [6.45, 7) is 0.297. The number of para-hydroxylation sites is 2. The van der Waals surface area contributed by atoms with Crippen molar-refractivity contribution in [3.05, 3.63) is 132 Å².